The van der Waals surface area contributed by atoms with Gasteiger partial charge in [0.25, 0.3) is 5.91 Å². The summed E-state index contributed by atoms with van der Waals surface area (Å²) in [5.41, 5.74) is 1.41. The Morgan fingerprint density at radius 3 is 2.77 bits per heavy atom. The molecule has 0 saturated carbocycles. The van der Waals surface area contributed by atoms with Gasteiger partial charge in [0, 0.05) is 13.0 Å². The molecule has 6 heteroatoms. The minimum atomic E-state index is -0.891. The zero-order chi connectivity index (χ0) is 15.7. The lowest BCUT2D eigenvalue weighted by Gasteiger charge is -2.32. The summed E-state index contributed by atoms with van der Waals surface area (Å²) in [6.45, 7) is 2.05. The number of nitrogens with one attached hydrogen (secondary N) is 2. The Hall–Kier alpha value is -2.37. The molecule has 0 radical (unpaired) electrons. The molecule has 2 aliphatic rings. The summed E-state index contributed by atoms with van der Waals surface area (Å²) in [5, 5.41) is 5.42. The second-order valence-electron chi connectivity index (χ2n) is 5.80. The Labute approximate surface area is 128 Å². The lowest BCUT2D eigenvalue weighted by atomic mass is 9.78. The van der Waals surface area contributed by atoms with Crippen molar-refractivity contribution in [1.29, 1.82) is 0 Å². The van der Waals surface area contributed by atoms with E-state index in [1.165, 1.54) is 5.56 Å². The number of likely N-dealkylation sites (N-methyl/N-ethyl adjacent to an activating group) is 1. The standard InChI is InChI=1S/C16H19N3O3/c1-2-17-13(20)10-19-14(21)16(18-15(19)22)8-7-11-5-3-4-6-12(11)9-16/h3-6H,2,7-10H2,1H3,(H,17,20)(H,18,22). The third kappa shape index (κ3) is 2.34. The Balaban J connectivity index is 1.81. The Kier molecular flexibility index (Phi) is 3.60. The van der Waals surface area contributed by atoms with Crippen LogP contribution >= 0.6 is 0 Å². The number of nitrogens with zero attached hydrogens (tertiary/aromatic N) is 1. The number of imide groups is 1. The van der Waals surface area contributed by atoms with Gasteiger partial charge in [0.15, 0.2) is 0 Å². The summed E-state index contributed by atoms with van der Waals surface area (Å²) in [4.78, 5) is 37.5. The van der Waals surface area contributed by atoms with Gasteiger partial charge in [-0.25, -0.2) is 4.79 Å². The molecular weight excluding hydrogens is 282 g/mol. The fourth-order valence-electron chi connectivity index (χ4n) is 3.24. The zero-order valence-electron chi connectivity index (χ0n) is 12.5. The van der Waals surface area contributed by atoms with Crippen molar-refractivity contribution in [1.82, 2.24) is 15.5 Å². The summed E-state index contributed by atoms with van der Waals surface area (Å²) in [6, 6.07) is 7.48. The van der Waals surface area contributed by atoms with Gasteiger partial charge in [-0.3, -0.25) is 14.5 Å². The van der Waals surface area contributed by atoms with Crippen LogP contribution in [0.25, 0.3) is 0 Å². The van der Waals surface area contributed by atoms with Crippen molar-refractivity contribution < 1.29 is 14.4 Å². The molecule has 1 heterocycles. The minimum Gasteiger partial charge on any atom is -0.355 e. The maximum atomic E-state index is 12.7. The van der Waals surface area contributed by atoms with E-state index in [1.807, 2.05) is 18.2 Å². The first-order chi connectivity index (χ1) is 10.6. The summed E-state index contributed by atoms with van der Waals surface area (Å²) < 4.78 is 0. The first-order valence-electron chi connectivity index (χ1n) is 7.53. The molecule has 1 saturated heterocycles. The van der Waals surface area contributed by atoms with Gasteiger partial charge < -0.3 is 10.6 Å². The number of carbonyl (C=O) groups is 3. The van der Waals surface area contributed by atoms with Crippen LogP contribution in [-0.2, 0) is 22.4 Å². The molecule has 116 valence electrons. The average Bonchev–Trinajstić information content (AvgIpc) is 2.72. The first kappa shape index (κ1) is 14.6. The molecular formula is C16H19N3O3. The van der Waals surface area contributed by atoms with E-state index in [4.69, 9.17) is 0 Å². The zero-order valence-corrected chi connectivity index (χ0v) is 12.5. The number of rotatable bonds is 3. The van der Waals surface area contributed by atoms with E-state index < -0.39 is 11.6 Å². The molecule has 4 amide bonds. The number of hydrogen-bond donors (Lipinski definition) is 2. The van der Waals surface area contributed by atoms with Crippen LogP contribution < -0.4 is 10.6 Å². The highest BCUT2D eigenvalue weighted by Gasteiger charge is 2.52. The van der Waals surface area contributed by atoms with Crippen molar-refractivity contribution in [2.24, 2.45) is 0 Å². The van der Waals surface area contributed by atoms with Gasteiger partial charge in [0.05, 0.1) is 0 Å². The van der Waals surface area contributed by atoms with Crippen LogP contribution in [0.1, 0.15) is 24.5 Å². The van der Waals surface area contributed by atoms with Crippen molar-refractivity contribution in [3.63, 3.8) is 0 Å². The molecule has 1 aliphatic heterocycles. The fourth-order valence-corrected chi connectivity index (χ4v) is 3.24. The minimum absolute atomic E-state index is 0.220. The van der Waals surface area contributed by atoms with Crippen molar-refractivity contribution >= 4 is 17.8 Å². The summed E-state index contributed by atoms with van der Waals surface area (Å²) in [5.74, 6) is -0.613. The molecule has 1 aliphatic carbocycles. The monoisotopic (exact) mass is 301 g/mol. The molecule has 1 fully saturated rings. The second kappa shape index (κ2) is 5.44. The maximum Gasteiger partial charge on any atom is 0.325 e. The summed E-state index contributed by atoms with van der Waals surface area (Å²) in [7, 11) is 0. The number of urea groups is 1. The third-order valence-corrected chi connectivity index (χ3v) is 4.35. The van der Waals surface area contributed by atoms with Crippen LogP contribution in [0.3, 0.4) is 0 Å². The van der Waals surface area contributed by atoms with Gasteiger partial charge in [-0.1, -0.05) is 24.3 Å². The van der Waals surface area contributed by atoms with Crippen molar-refractivity contribution in [2.75, 3.05) is 13.1 Å². The van der Waals surface area contributed by atoms with E-state index in [0.717, 1.165) is 16.9 Å². The van der Waals surface area contributed by atoms with E-state index in [9.17, 15) is 14.4 Å². The van der Waals surface area contributed by atoms with E-state index >= 15 is 0 Å². The fraction of sp³-hybridized carbons (Fsp3) is 0.438. The highest BCUT2D eigenvalue weighted by molar-refractivity contribution is 6.09. The van der Waals surface area contributed by atoms with Crippen LogP contribution in [0.15, 0.2) is 24.3 Å². The smallest absolute Gasteiger partial charge is 0.325 e. The topological polar surface area (TPSA) is 78.5 Å². The lowest BCUT2D eigenvalue weighted by molar-refractivity contribution is -0.135. The maximum absolute atomic E-state index is 12.7. The predicted octanol–water partition coefficient (Wildman–Crippen LogP) is 0.602. The lowest BCUT2D eigenvalue weighted by Crippen LogP contribution is -2.51. The number of aryl methyl sites for hydroxylation is 1. The normalized spacial score (nSPS) is 23.4. The highest BCUT2D eigenvalue weighted by Crippen LogP contribution is 2.33. The molecule has 22 heavy (non-hydrogen) atoms. The third-order valence-electron chi connectivity index (χ3n) is 4.35. The number of carbonyl (C=O) groups excluding carboxylic acids is 3. The van der Waals surface area contributed by atoms with Crippen molar-refractivity contribution in [3.05, 3.63) is 35.4 Å². The van der Waals surface area contributed by atoms with Crippen LogP contribution in [0.5, 0.6) is 0 Å². The van der Waals surface area contributed by atoms with Gasteiger partial charge in [-0.2, -0.15) is 0 Å². The molecule has 1 atom stereocenters. The van der Waals surface area contributed by atoms with E-state index in [-0.39, 0.29) is 18.4 Å². The number of fused-ring (bicyclic) bond motifs is 1. The van der Waals surface area contributed by atoms with Gasteiger partial charge in [-0.05, 0) is 30.9 Å². The molecule has 2 N–H and O–H groups in total. The Bertz CT molecular complexity index is 643. The number of hydrogen-bond acceptors (Lipinski definition) is 3. The predicted molar refractivity (Wildman–Crippen MR) is 80.1 cm³/mol. The first-order valence-corrected chi connectivity index (χ1v) is 7.53. The van der Waals surface area contributed by atoms with Gasteiger partial charge in [-0.15, -0.1) is 0 Å². The molecule has 0 bridgehead atoms. The van der Waals surface area contributed by atoms with Crippen LogP contribution in [0, 0.1) is 0 Å². The van der Waals surface area contributed by atoms with Gasteiger partial charge in [0.2, 0.25) is 5.91 Å². The van der Waals surface area contributed by atoms with Gasteiger partial charge in [0.1, 0.15) is 12.1 Å². The molecule has 6 nitrogen and oxygen atoms in total. The van der Waals surface area contributed by atoms with Gasteiger partial charge >= 0.3 is 6.03 Å². The van der Waals surface area contributed by atoms with Crippen LogP contribution in [0.2, 0.25) is 0 Å². The summed E-state index contributed by atoms with van der Waals surface area (Å²) >= 11 is 0. The molecule has 1 aromatic carbocycles. The van der Waals surface area contributed by atoms with Crippen LogP contribution in [-0.4, -0.2) is 41.4 Å². The molecule has 3 rings (SSSR count). The highest BCUT2D eigenvalue weighted by atomic mass is 16.2. The second-order valence-corrected chi connectivity index (χ2v) is 5.80. The number of benzene rings is 1. The largest absolute Gasteiger partial charge is 0.355 e. The van der Waals surface area contributed by atoms with E-state index in [1.54, 1.807) is 6.92 Å². The SMILES string of the molecule is CCNC(=O)CN1C(=O)NC2(CCc3ccccc3C2)C1=O. The van der Waals surface area contributed by atoms with Crippen LogP contribution in [0.4, 0.5) is 4.79 Å². The molecule has 0 aromatic heterocycles. The Morgan fingerprint density at radius 1 is 1.32 bits per heavy atom. The quantitative estimate of drug-likeness (QED) is 0.803. The summed E-state index contributed by atoms with van der Waals surface area (Å²) in [6.07, 6.45) is 1.80. The van der Waals surface area contributed by atoms with Crippen molar-refractivity contribution in [3.8, 4) is 0 Å². The van der Waals surface area contributed by atoms with E-state index in [0.29, 0.717) is 19.4 Å². The van der Waals surface area contributed by atoms with Crippen molar-refractivity contribution in [2.45, 2.75) is 31.7 Å². The Morgan fingerprint density at radius 2 is 2.05 bits per heavy atom. The number of amides is 4. The van der Waals surface area contributed by atoms with E-state index in [2.05, 4.69) is 16.7 Å². The average molecular weight is 301 g/mol. The molecule has 1 aromatic rings. The molecule has 1 unspecified atom stereocenters. The molecule has 1 spiro atoms.